The maximum absolute atomic E-state index is 12.5. The molecule has 0 unspecified atom stereocenters. The van der Waals surface area contributed by atoms with E-state index in [2.05, 4.69) is 16.0 Å². The lowest BCUT2D eigenvalue weighted by molar-refractivity contribution is 0.0846. The topological polar surface area (TPSA) is 85.2 Å². The fourth-order valence-corrected chi connectivity index (χ4v) is 2.97. The van der Waals surface area contributed by atoms with Crippen molar-refractivity contribution in [1.29, 1.82) is 0 Å². The number of ether oxygens (including phenoxy) is 1. The second-order valence-corrected chi connectivity index (χ2v) is 6.22. The zero-order chi connectivity index (χ0) is 20.1. The highest BCUT2D eigenvalue weighted by Gasteiger charge is 2.21. The Kier molecular flexibility index (Phi) is 5.96. The quantitative estimate of drug-likeness (QED) is 0.646. The monoisotopic (exact) mass is 398 g/mol. The van der Waals surface area contributed by atoms with Crippen LogP contribution in [0.3, 0.4) is 0 Å². The van der Waals surface area contributed by atoms with E-state index in [9.17, 15) is 9.59 Å². The molecule has 0 fully saturated rings. The van der Waals surface area contributed by atoms with Crippen LogP contribution in [-0.4, -0.2) is 28.2 Å². The Hall–Kier alpha value is -3.32. The summed E-state index contributed by atoms with van der Waals surface area (Å²) in [6.07, 6.45) is 0. The van der Waals surface area contributed by atoms with Crippen LogP contribution in [0.15, 0.2) is 54.6 Å². The molecule has 0 spiro atoms. The number of hydrogen-bond acceptors (Lipinski definition) is 4. The van der Waals surface area contributed by atoms with E-state index >= 15 is 0 Å². The van der Waals surface area contributed by atoms with Gasteiger partial charge in [-0.15, -0.1) is 0 Å². The summed E-state index contributed by atoms with van der Waals surface area (Å²) in [6.45, 7) is 4.09. The number of carbonyl (C=O) groups is 2. The predicted octanol–water partition coefficient (Wildman–Crippen LogP) is 3.31. The molecule has 0 saturated heterocycles. The summed E-state index contributed by atoms with van der Waals surface area (Å²) in [5, 5.41) is 4.47. The van der Waals surface area contributed by atoms with Gasteiger partial charge in [0, 0.05) is 5.56 Å². The van der Waals surface area contributed by atoms with Gasteiger partial charge >= 0.3 is 0 Å². The van der Waals surface area contributed by atoms with Crippen LogP contribution in [0.25, 0.3) is 5.69 Å². The molecular formula is C20H19ClN4O3. The molecule has 0 aliphatic carbocycles. The molecule has 0 aliphatic heterocycles. The van der Waals surface area contributed by atoms with Crippen LogP contribution in [0, 0.1) is 6.92 Å². The van der Waals surface area contributed by atoms with Crippen molar-refractivity contribution >= 4 is 23.4 Å². The Morgan fingerprint density at radius 1 is 1.04 bits per heavy atom. The number of halogens is 1. The molecule has 2 aromatic carbocycles. The summed E-state index contributed by atoms with van der Waals surface area (Å²) in [5.41, 5.74) is 6.50. The SMILES string of the molecule is CCOc1ccc(C(=O)NNC(=O)c2c(C)nn(-c3ccccc3)c2Cl)cc1. The van der Waals surface area contributed by atoms with Gasteiger partial charge in [-0.1, -0.05) is 29.8 Å². The highest BCUT2D eigenvalue weighted by Crippen LogP contribution is 2.23. The number of hydrazine groups is 1. The average Bonchev–Trinajstić information content (AvgIpc) is 3.01. The van der Waals surface area contributed by atoms with E-state index < -0.39 is 11.8 Å². The van der Waals surface area contributed by atoms with Crippen molar-refractivity contribution in [2.75, 3.05) is 6.61 Å². The van der Waals surface area contributed by atoms with E-state index in [0.717, 1.165) is 5.69 Å². The summed E-state index contributed by atoms with van der Waals surface area (Å²) >= 11 is 6.35. The summed E-state index contributed by atoms with van der Waals surface area (Å²) in [5.74, 6) is -0.344. The van der Waals surface area contributed by atoms with Crippen LogP contribution in [0.1, 0.15) is 33.3 Å². The Labute approximate surface area is 167 Å². The molecule has 0 radical (unpaired) electrons. The minimum atomic E-state index is -0.552. The molecule has 7 nitrogen and oxygen atoms in total. The zero-order valence-corrected chi connectivity index (χ0v) is 16.2. The van der Waals surface area contributed by atoms with Crippen molar-refractivity contribution < 1.29 is 14.3 Å². The lowest BCUT2D eigenvalue weighted by Crippen LogP contribution is -2.41. The van der Waals surface area contributed by atoms with E-state index in [1.54, 1.807) is 31.2 Å². The number of aryl methyl sites for hydroxylation is 1. The van der Waals surface area contributed by atoms with Gasteiger partial charge in [0.15, 0.2) is 0 Å². The number of aromatic nitrogens is 2. The first-order valence-electron chi connectivity index (χ1n) is 8.65. The molecule has 28 heavy (non-hydrogen) atoms. The molecule has 0 atom stereocenters. The van der Waals surface area contributed by atoms with Crippen LogP contribution < -0.4 is 15.6 Å². The molecule has 3 aromatic rings. The Morgan fingerprint density at radius 2 is 1.68 bits per heavy atom. The van der Waals surface area contributed by atoms with Crippen molar-refractivity contribution in [2.45, 2.75) is 13.8 Å². The van der Waals surface area contributed by atoms with Crippen LogP contribution in [-0.2, 0) is 0 Å². The van der Waals surface area contributed by atoms with Gasteiger partial charge in [0.05, 0.1) is 18.0 Å². The Balaban J connectivity index is 1.70. The minimum Gasteiger partial charge on any atom is -0.494 e. The average molecular weight is 399 g/mol. The van der Waals surface area contributed by atoms with Crippen LogP contribution in [0.2, 0.25) is 5.15 Å². The minimum absolute atomic E-state index is 0.163. The molecule has 0 aliphatic rings. The van der Waals surface area contributed by atoms with Gasteiger partial charge in [-0.25, -0.2) is 4.68 Å². The maximum Gasteiger partial charge on any atom is 0.274 e. The molecule has 1 aromatic heterocycles. The summed E-state index contributed by atoms with van der Waals surface area (Å²) in [6, 6.07) is 15.8. The van der Waals surface area contributed by atoms with Crippen molar-refractivity contribution in [3.63, 3.8) is 0 Å². The van der Waals surface area contributed by atoms with Gasteiger partial charge in [0.25, 0.3) is 11.8 Å². The number of amides is 2. The lowest BCUT2D eigenvalue weighted by Gasteiger charge is -2.08. The second kappa shape index (κ2) is 8.58. The van der Waals surface area contributed by atoms with Crippen LogP contribution in [0.5, 0.6) is 5.75 Å². The molecule has 1 heterocycles. The number of carbonyl (C=O) groups excluding carboxylic acids is 2. The molecule has 2 N–H and O–H groups in total. The summed E-state index contributed by atoms with van der Waals surface area (Å²) in [4.78, 5) is 24.7. The molecule has 0 bridgehead atoms. The molecule has 2 amide bonds. The maximum atomic E-state index is 12.5. The lowest BCUT2D eigenvalue weighted by atomic mass is 10.2. The first-order chi connectivity index (χ1) is 13.5. The van der Waals surface area contributed by atoms with Crippen LogP contribution in [0.4, 0.5) is 0 Å². The number of para-hydroxylation sites is 1. The third kappa shape index (κ3) is 4.15. The van der Waals surface area contributed by atoms with E-state index in [1.807, 2.05) is 37.3 Å². The smallest absolute Gasteiger partial charge is 0.274 e. The van der Waals surface area contributed by atoms with E-state index in [-0.39, 0.29) is 10.7 Å². The highest BCUT2D eigenvalue weighted by atomic mass is 35.5. The van der Waals surface area contributed by atoms with Gasteiger partial charge in [0.1, 0.15) is 16.5 Å². The molecular weight excluding hydrogens is 380 g/mol. The fourth-order valence-electron chi connectivity index (χ4n) is 2.61. The van der Waals surface area contributed by atoms with Crippen LogP contribution >= 0.6 is 11.6 Å². The van der Waals surface area contributed by atoms with E-state index in [4.69, 9.17) is 16.3 Å². The van der Waals surface area contributed by atoms with Gasteiger partial charge in [-0.3, -0.25) is 20.4 Å². The Bertz CT molecular complexity index is 985. The molecule has 3 rings (SSSR count). The largest absolute Gasteiger partial charge is 0.494 e. The third-order valence-corrected chi connectivity index (χ3v) is 4.30. The molecule has 0 saturated carbocycles. The standard InChI is InChI=1S/C20H19ClN4O3/c1-3-28-16-11-9-14(10-12-16)19(26)22-23-20(27)17-13(2)24-25(18(17)21)15-7-5-4-6-8-15/h4-12H,3H2,1-2H3,(H,22,26)(H,23,27). The highest BCUT2D eigenvalue weighted by molar-refractivity contribution is 6.33. The van der Waals surface area contributed by atoms with Crippen molar-refractivity contribution in [2.24, 2.45) is 0 Å². The zero-order valence-electron chi connectivity index (χ0n) is 15.4. The third-order valence-electron chi connectivity index (χ3n) is 3.95. The molecule has 144 valence electrons. The number of hydrogen-bond donors (Lipinski definition) is 2. The van der Waals surface area contributed by atoms with Gasteiger partial charge < -0.3 is 4.74 Å². The Morgan fingerprint density at radius 3 is 2.32 bits per heavy atom. The van der Waals surface area contributed by atoms with Gasteiger partial charge in [0.2, 0.25) is 0 Å². The van der Waals surface area contributed by atoms with Crippen molar-refractivity contribution in [1.82, 2.24) is 20.6 Å². The normalized spacial score (nSPS) is 10.4. The number of nitrogens with zero attached hydrogens (tertiary/aromatic N) is 2. The number of nitrogens with one attached hydrogen (secondary N) is 2. The fraction of sp³-hybridized carbons (Fsp3) is 0.150. The van der Waals surface area contributed by atoms with Crippen molar-refractivity contribution in [3.8, 4) is 11.4 Å². The number of benzene rings is 2. The van der Waals surface area contributed by atoms with Gasteiger partial charge in [-0.2, -0.15) is 5.10 Å². The number of rotatable bonds is 5. The van der Waals surface area contributed by atoms with Gasteiger partial charge in [-0.05, 0) is 50.2 Å². The van der Waals surface area contributed by atoms with E-state index in [0.29, 0.717) is 23.6 Å². The summed E-state index contributed by atoms with van der Waals surface area (Å²) in [7, 11) is 0. The predicted molar refractivity (Wildman–Crippen MR) is 106 cm³/mol. The van der Waals surface area contributed by atoms with Crippen molar-refractivity contribution in [3.05, 3.63) is 76.6 Å². The summed E-state index contributed by atoms with van der Waals surface area (Å²) < 4.78 is 6.81. The molecule has 8 heteroatoms. The first kappa shape index (κ1) is 19.4. The second-order valence-electron chi connectivity index (χ2n) is 5.86. The van der Waals surface area contributed by atoms with E-state index in [1.165, 1.54) is 4.68 Å². The first-order valence-corrected chi connectivity index (χ1v) is 9.03.